The highest BCUT2D eigenvalue weighted by Crippen LogP contribution is 2.36. The van der Waals surface area contributed by atoms with Gasteiger partial charge in [-0.1, -0.05) is 23.4 Å². The van der Waals surface area contributed by atoms with Gasteiger partial charge in [0.1, 0.15) is 0 Å². The summed E-state index contributed by atoms with van der Waals surface area (Å²) in [5, 5.41) is 3.68. The Bertz CT molecular complexity index is 1420. The first-order valence-electron chi connectivity index (χ1n) is 10.2. The van der Waals surface area contributed by atoms with Gasteiger partial charge in [-0.2, -0.15) is 13.2 Å². The Hall–Kier alpha value is -3.73. The van der Waals surface area contributed by atoms with Crippen LogP contribution in [0.15, 0.2) is 70.8 Å². The number of carbonyl (C=O) groups excluding carboxylic acids is 1. The van der Waals surface area contributed by atoms with Crippen LogP contribution in [-0.2, 0) is 32.3 Å². The number of carbonyl (C=O) groups is 1. The molecule has 2 aromatic carbocycles. The van der Waals surface area contributed by atoms with Crippen molar-refractivity contribution in [1.29, 1.82) is 0 Å². The van der Waals surface area contributed by atoms with Crippen LogP contribution in [0.25, 0.3) is 11.3 Å². The molecule has 0 bridgehead atoms. The average molecular weight is 487 g/mol. The first-order valence-corrected chi connectivity index (χ1v) is 11.6. The third-order valence-electron chi connectivity index (χ3n) is 5.66. The van der Waals surface area contributed by atoms with E-state index in [9.17, 15) is 26.4 Å². The third-order valence-corrected chi connectivity index (χ3v) is 7.49. The lowest BCUT2D eigenvalue weighted by Gasteiger charge is -2.20. The normalized spacial score (nSPS) is 15.8. The predicted octanol–water partition coefficient (Wildman–Crippen LogP) is 4.17. The van der Waals surface area contributed by atoms with Gasteiger partial charge in [-0.05, 0) is 48.4 Å². The molecule has 0 amide bonds. The van der Waals surface area contributed by atoms with Crippen LogP contribution in [0.2, 0.25) is 0 Å². The summed E-state index contributed by atoms with van der Waals surface area (Å²) >= 11 is 0. The highest BCUT2D eigenvalue weighted by Gasteiger charge is 2.32. The molecule has 34 heavy (non-hydrogen) atoms. The monoisotopic (exact) mass is 487 g/mol. The minimum Gasteiger partial charge on any atom is -0.318 e. The van der Waals surface area contributed by atoms with Crippen LogP contribution in [0.4, 0.5) is 18.9 Å². The number of sulfonamides is 1. The zero-order chi connectivity index (χ0) is 24.1. The largest absolute Gasteiger partial charge is 0.417 e. The number of hydrogen-bond donors (Lipinski definition) is 0. The van der Waals surface area contributed by atoms with Crippen LogP contribution in [0.3, 0.4) is 0 Å². The van der Waals surface area contributed by atoms with Gasteiger partial charge in [0.2, 0.25) is 0 Å². The van der Waals surface area contributed by atoms with Crippen LogP contribution in [-0.4, -0.2) is 31.6 Å². The van der Waals surface area contributed by atoms with E-state index < -0.39 is 27.7 Å². The van der Waals surface area contributed by atoms with E-state index in [2.05, 4.69) is 15.0 Å². The molecule has 7 nitrogen and oxygen atoms in total. The summed E-state index contributed by atoms with van der Waals surface area (Å²) in [6.07, 6.45) is -3.20. The molecular weight excluding hydrogens is 471 g/mol. The topological polar surface area (TPSA) is 88.9 Å². The van der Waals surface area contributed by atoms with Gasteiger partial charge >= 0.3 is 12.1 Å². The van der Waals surface area contributed by atoms with Gasteiger partial charge in [0, 0.05) is 23.9 Å². The number of rotatable bonds is 4. The number of anilines is 1. The van der Waals surface area contributed by atoms with Crippen LogP contribution in [0, 0.1) is 0 Å². The van der Waals surface area contributed by atoms with E-state index in [4.69, 9.17) is 0 Å². The summed E-state index contributed by atoms with van der Waals surface area (Å²) in [5.41, 5.74) is 2.44. The lowest BCUT2D eigenvalue weighted by Crippen LogP contribution is -2.29. The molecule has 3 heterocycles. The summed E-state index contributed by atoms with van der Waals surface area (Å²) in [4.78, 5) is 19.8. The van der Waals surface area contributed by atoms with Crippen molar-refractivity contribution >= 4 is 27.4 Å². The smallest absolute Gasteiger partial charge is 0.318 e. The van der Waals surface area contributed by atoms with Crippen LogP contribution < -0.4 is 4.31 Å². The van der Waals surface area contributed by atoms with E-state index in [1.54, 1.807) is 30.3 Å². The number of halogens is 3. The Labute approximate surface area is 192 Å². The van der Waals surface area contributed by atoms with Crippen molar-refractivity contribution in [2.45, 2.75) is 23.9 Å². The van der Waals surface area contributed by atoms with Gasteiger partial charge in [0.05, 0.1) is 34.0 Å². The third kappa shape index (κ3) is 3.92. The number of alkyl halides is 3. The van der Waals surface area contributed by atoms with E-state index in [0.717, 1.165) is 17.8 Å². The van der Waals surface area contributed by atoms with Gasteiger partial charge in [0.25, 0.3) is 10.0 Å². The lowest BCUT2D eigenvalue weighted by molar-refractivity contribution is -0.140. The van der Waals surface area contributed by atoms with Crippen molar-refractivity contribution in [1.82, 2.24) is 4.98 Å². The van der Waals surface area contributed by atoms with Crippen molar-refractivity contribution < 1.29 is 31.2 Å². The number of hydrogen-bond acceptors (Lipinski definition) is 6. The zero-order valence-electron chi connectivity index (χ0n) is 17.4. The Balaban J connectivity index is 1.39. The second kappa shape index (κ2) is 7.94. The Morgan fingerprint density at radius 2 is 1.71 bits per heavy atom. The molecule has 0 saturated heterocycles. The summed E-state index contributed by atoms with van der Waals surface area (Å²) in [6, 6.07) is 13.3. The highest BCUT2D eigenvalue weighted by atomic mass is 32.2. The highest BCUT2D eigenvalue weighted by molar-refractivity contribution is 7.92. The minimum absolute atomic E-state index is 0.0295. The van der Waals surface area contributed by atoms with Crippen LogP contribution in [0.1, 0.15) is 23.1 Å². The van der Waals surface area contributed by atoms with Crippen molar-refractivity contribution in [2.24, 2.45) is 5.16 Å². The van der Waals surface area contributed by atoms with Gasteiger partial charge in [-0.15, -0.1) is 0 Å². The maximum atomic E-state index is 13.3. The molecule has 2 aliphatic heterocycles. The number of aromatic nitrogens is 1. The maximum Gasteiger partial charge on any atom is 0.417 e. The number of fused-ring (bicyclic) bond motifs is 1. The van der Waals surface area contributed by atoms with Gasteiger partial charge < -0.3 is 4.84 Å². The minimum atomic E-state index is -4.47. The molecular formula is C23H16F3N3O4S. The summed E-state index contributed by atoms with van der Waals surface area (Å²) in [5.74, 6) is -0.466. The molecule has 0 unspecified atom stereocenters. The molecule has 2 aliphatic rings. The fourth-order valence-electron chi connectivity index (χ4n) is 3.92. The standard InChI is InChI=1S/C23H16F3N3O4S/c24-23(25,26)17-4-7-19(27-13-17)15-3-8-21-16(11-15)9-10-29(21)34(31,32)18-5-1-14(2-6-18)20-12-22(30)33-28-20/h1-8,11,13H,9-10,12H2. The van der Waals surface area contributed by atoms with E-state index in [-0.39, 0.29) is 17.9 Å². The summed E-state index contributed by atoms with van der Waals surface area (Å²) in [6.45, 7) is 0.234. The van der Waals surface area contributed by atoms with Gasteiger partial charge in [-0.3, -0.25) is 9.29 Å². The quantitative estimate of drug-likeness (QED) is 0.516. The molecule has 0 atom stereocenters. The Morgan fingerprint density at radius 1 is 0.971 bits per heavy atom. The average Bonchev–Trinajstić information content (AvgIpc) is 3.45. The Morgan fingerprint density at radius 3 is 2.32 bits per heavy atom. The number of pyridine rings is 1. The van der Waals surface area contributed by atoms with Crippen LogP contribution in [0.5, 0.6) is 0 Å². The molecule has 0 aliphatic carbocycles. The maximum absolute atomic E-state index is 13.3. The van der Waals surface area contributed by atoms with Crippen molar-refractivity contribution in [3.05, 3.63) is 77.5 Å². The Kier molecular flexibility index (Phi) is 5.16. The van der Waals surface area contributed by atoms with E-state index in [0.29, 0.717) is 34.6 Å². The van der Waals surface area contributed by atoms with Gasteiger partial charge in [0.15, 0.2) is 0 Å². The van der Waals surface area contributed by atoms with Crippen molar-refractivity contribution in [3.63, 3.8) is 0 Å². The summed E-state index contributed by atoms with van der Waals surface area (Å²) < 4.78 is 66.2. The molecule has 0 N–H and O–H groups in total. The fourth-order valence-corrected chi connectivity index (χ4v) is 5.42. The van der Waals surface area contributed by atoms with E-state index in [1.807, 2.05) is 0 Å². The number of nitrogens with zero attached hydrogens (tertiary/aromatic N) is 3. The molecule has 174 valence electrons. The molecule has 0 spiro atoms. The fraction of sp³-hybridized carbons (Fsp3) is 0.174. The summed E-state index contributed by atoms with van der Waals surface area (Å²) in [7, 11) is -3.85. The molecule has 0 radical (unpaired) electrons. The number of oxime groups is 1. The lowest BCUT2D eigenvalue weighted by atomic mass is 10.1. The molecule has 3 aromatic rings. The second-order valence-corrected chi connectivity index (χ2v) is 9.67. The number of benzene rings is 2. The molecule has 0 saturated carbocycles. The van der Waals surface area contributed by atoms with Gasteiger partial charge in [-0.25, -0.2) is 13.2 Å². The van der Waals surface area contributed by atoms with E-state index in [1.165, 1.54) is 22.5 Å². The molecule has 1 aromatic heterocycles. The zero-order valence-corrected chi connectivity index (χ0v) is 18.2. The van der Waals surface area contributed by atoms with Crippen LogP contribution >= 0.6 is 0 Å². The van der Waals surface area contributed by atoms with Crippen molar-refractivity contribution in [3.8, 4) is 11.3 Å². The first-order chi connectivity index (χ1) is 16.1. The second-order valence-electron chi connectivity index (χ2n) is 7.80. The molecule has 0 fully saturated rings. The molecule has 5 rings (SSSR count). The first kappa shape index (κ1) is 22.1. The predicted molar refractivity (Wildman–Crippen MR) is 117 cm³/mol. The molecule has 11 heteroatoms. The van der Waals surface area contributed by atoms with Crippen molar-refractivity contribution in [2.75, 3.05) is 10.8 Å². The van der Waals surface area contributed by atoms with E-state index >= 15 is 0 Å². The SMILES string of the molecule is O=C1CC(c2ccc(S(=O)(=O)N3CCc4cc(-c5ccc(C(F)(F)F)cn5)ccc43)cc2)=NO1.